The van der Waals surface area contributed by atoms with Crippen molar-refractivity contribution in [2.24, 2.45) is 4.99 Å². The van der Waals surface area contributed by atoms with Crippen LogP contribution in [-0.2, 0) is 17.1 Å². The molecule has 0 radical (unpaired) electrons. The number of guanidine groups is 1. The van der Waals surface area contributed by atoms with E-state index in [4.69, 9.17) is 4.74 Å². The van der Waals surface area contributed by atoms with Crippen LogP contribution in [0.2, 0.25) is 0 Å². The largest absolute Gasteiger partial charge is 0.492 e. The number of hydrogen-bond acceptors (Lipinski definition) is 4. The van der Waals surface area contributed by atoms with Gasteiger partial charge in [0, 0.05) is 38.0 Å². The number of aliphatic imine (C=N–C) groups is 1. The lowest BCUT2D eigenvalue weighted by atomic mass is 10.1. The molecule has 2 aromatic rings. The Morgan fingerprint density at radius 1 is 1.17 bits per heavy atom. The third kappa shape index (κ3) is 8.03. The zero-order valence-electron chi connectivity index (χ0n) is 16.9. The van der Waals surface area contributed by atoms with Crippen molar-refractivity contribution in [2.75, 3.05) is 31.8 Å². The van der Waals surface area contributed by atoms with Crippen molar-refractivity contribution in [3.8, 4) is 5.75 Å². The Morgan fingerprint density at radius 3 is 2.72 bits per heavy atom. The average Bonchev–Trinajstić information content (AvgIpc) is 2.69. The van der Waals surface area contributed by atoms with E-state index in [0.29, 0.717) is 37.1 Å². The lowest BCUT2D eigenvalue weighted by Crippen LogP contribution is -2.39. The first-order valence-corrected chi connectivity index (χ1v) is 10.6. The summed E-state index contributed by atoms with van der Waals surface area (Å²) in [7, 11) is 1.69. The quantitative estimate of drug-likeness (QED) is 0.331. The lowest BCUT2D eigenvalue weighted by molar-refractivity contribution is -0.114. The number of nitrogens with one attached hydrogen (secondary N) is 3. The second-order valence-corrected chi connectivity index (χ2v) is 7.12. The van der Waals surface area contributed by atoms with Gasteiger partial charge in [0.2, 0.25) is 5.91 Å². The van der Waals surface area contributed by atoms with Gasteiger partial charge in [-0.25, -0.2) is 4.39 Å². The Bertz CT molecular complexity index is 845. The van der Waals surface area contributed by atoms with Gasteiger partial charge in [0.25, 0.3) is 0 Å². The zero-order valence-corrected chi connectivity index (χ0v) is 17.7. The maximum absolute atomic E-state index is 13.5. The van der Waals surface area contributed by atoms with Gasteiger partial charge in [0.15, 0.2) is 5.96 Å². The fourth-order valence-corrected chi connectivity index (χ4v) is 3.24. The van der Waals surface area contributed by atoms with Crippen LogP contribution in [0.4, 0.5) is 10.1 Å². The molecule has 8 heteroatoms. The van der Waals surface area contributed by atoms with Gasteiger partial charge in [-0.05, 0) is 41.6 Å². The second kappa shape index (κ2) is 12.0. The van der Waals surface area contributed by atoms with Crippen LogP contribution in [0.25, 0.3) is 0 Å². The third-order valence-corrected chi connectivity index (χ3v) is 4.56. The average molecular weight is 419 g/mol. The summed E-state index contributed by atoms with van der Waals surface area (Å²) in [5, 5.41) is 9.15. The number of thioether (sulfide) groups is 1. The van der Waals surface area contributed by atoms with Crippen LogP contribution in [0, 0.1) is 5.82 Å². The van der Waals surface area contributed by atoms with Crippen molar-refractivity contribution in [1.29, 1.82) is 0 Å². The molecule has 0 fully saturated rings. The predicted molar refractivity (Wildman–Crippen MR) is 118 cm³/mol. The number of carbonyl (C=O) groups excluding carboxylic acids is 1. The monoisotopic (exact) mass is 418 g/mol. The number of anilines is 1. The van der Waals surface area contributed by atoms with Crippen LogP contribution in [0.15, 0.2) is 47.5 Å². The van der Waals surface area contributed by atoms with Crippen LogP contribution in [0.3, 0.4) is 0 Å². The minimum absolute atomic E-state index is 0.125. The van der Waals surface area contributed by atoms with E-state index in [1.54, 1.807) is 43.1 Å². The summed E-state index contributed by atoms with van der Waals surface area (Å²) in [6.45, 7) is 2.99. The molecular formula is C21H27FN4O2S. The Hall–Kier alpha value is -2.74. The number of halogens is 1. The van der Waals surface area contributed by atoms with Gasteiger partial charge in [-0.3, -0.25) is 9.79 Å². The standard InChI is InChI=1S/C21H27FN4O2S/c1-15(27)26-19-5-4-6-20(12-19)28-10-9-24-21(23-2)25-13-16-7-8-18(22)11-17(16)14-29-3/h4-8,11-12H,9-10,13-14H2,1-3H3,(H,26,27)(H2,23,24,25). The third-order valence-electron chi connectivity index (χ3n) is 3.96. The minimum atomic E-state index is -0.222. The topological polar surface area (TPSA) is 74.8 Å². The molecule has 1 amide bonds. The number of amides is 1. The molecule has 6 nitrogen and oxygen atoms in total. The number of nitrogens with zero attached hydrogens (tertiary/aromatic N) is 1. The Balaban J connectivity index is 1.79. The number of carbonyl (C=O) groups is 1. The summed E-state index contributed by atoms with van der Waals surface area (Å²) in [4.78, 5) is 15.3. The summed E-state index contributed by atoms with van der Waals surface area (Å²) in [5.41, 5.74) is 2.71. The second-order valence-electron chi connectivity index (χ2n) is 6.26. The molecule has 0 heterocycles. The first-order chi connectivity index (χ1) is 14.0. The van der Waals surface area contributed by atoms with E-state index in [0.717, 1.165) is 16.9 Å². The van der Waals surface area contributed by atoms with Gasteiger partial charge in [-0.2, -0.15) is 11.8 Å². The Kier molecular flexibility index (Phi) is 9.30. The van der Waals surface area contributed by atoms with E-state index in [1.807, 2.05) is 18.4 Å². The minimum Gasteiger partial charge on any atom is -0.492 e. The van der Waals surface area contributed by atoms with E-state index in [-0.39, 0.29) is 11.7 Å². The molecule has 0 spiro atoms. The van der Waals surface area contributed by atoms with Gasteiger partial charge >= 0.3 is 0 Å². The van der Waals surface area contributed by atoms with Gasteiger partial charge < -0.3 is 20.7 Å². The summed E-state index contributed by atoms with van der Waals surface area (Å²) in [5.74, 6) is 1.72. The Labute approximate surface area is 175 Å². The molecule has 0 aromatic heterocycles. The van der Waals surface area contributed by atoms with Crippen molar-refractivity contribution in [3.63, 3.8) is 0 Å². The van der Waals surface area contributed by atoms with Crippen LogP contribution in [0.5, 0.6) is 5.75 Å². The van der Waals surface area contributed by atoms with E-state index in [2.05, 4.69) is 20.9 Å². The van der Waals surface area contributed by atoms with Crippen molar-refractivity contribution in [2.45, 2.75) is 19.2 Å². The van der Waals surface area contributed by atoms with E-state index < -0.39 is 0 Å². The van der Waals surface area contributed by atoms with Crippen molar-refractivity contribution < 1.29 is 13.9 Å². The molecule has 0 aliphatic carbocycles. The van der Waals surface area contributed by atoms with E-state index in [9.17, 15) is 9.18 Å². The molecule has 29 heavy (non-hydrogen) atoms. The van der Waals surface area contributed by atoms with Crippen LogP contribution < -0.4 is 20.7 Å². The van der Waals surface area contributed by atoms with Gasteiger partial charge in [0.1, 0.15) is 18.2 Å². The highest BCUT2D eigenvalue weighted by molar-refractivity contribution is 7.97. The Morgan fingerprint density at radius 2 is 2.00 bits per heavy atom. The SMILES string of the molecule is CN=C(NCCOc1cccc(NC(C)=O)c1)NCc1ccc(F)cc1CSC. The lowest BCUT2D eigenvalue weighted by Gasteiger charge is -2.15. The van der Waals surface area contributed by atoms with E-state index in [1.165, 1.54) is 13.0 Å². The summed E-state index contributed by atoms with van der Waals surface area (Å²) in [6, 6.07) is 12.1. The number of benzene rings is 2. The molecule has 2 rings (SSSR count). The van der Waals surface area contributed by atoms with Crippen LogP contribution >= 0.6 is 11.8 Å². The number of rotatable bonds is 9. The van der Waals surface area contributed by atoms with Crippen LogP contribution in [-0.4, -0.2) is 38.3 Å². The molecule has 2 aromatic carbocycles. The molecule has 0 atom stereocenters. The van der Waals surface area contributed by atoms with Crippen molar-refractivity contribution in [1.82, 2.24) is 10.6 Å². The molecule has 0 saturated carbocycles. The summed E-state index contributed by atoms with van der Waals surface area (Å²) >= 11 is 1.66. The molecule has 3 N–H and O–H groups in total. The molecule has 0 bridgehead atoms. The molecule has 0 saturated heterocycles. The normalized spacial score (nSPS) is 11.1. The zero-order chi connectivity index (χ0) is 21.1. The van der Waals surface area contributed by atoms with Crippen LogP contribution in [0.1, 0.15) is 18.1 Å². The number of ether oxygens (including phenoxy) is 1. The predicted octanol–water partition coefficient (Wildman–Crippen LogP) is 3.39. The fourth-order valence-electron chi connectivity index (χ4n) is 2.66. The first kappa shape index (κ1) is 22.5. The number of hydrogen-bond donors (Lipinski definition) is 3. The fraction of sp³-hybridized carbons (Fsp3) is 0.333. The van der Waals surface area contributed by atoms with Gasteiger partial charge in [0.05, 0.1) is 6.54 Å². The first-order valence-electron chi connectivity index (χ1n) is 9.23. The highest BCUT2D eigenvalue weighted by Crippen LogP contribution is 2.17. The molecule has 0 aliphatic rings. The summed E-state index contributed by atoms with van der Waals surface area (Å²) in [6.07, 6.45) is 1.99. The molecule has 0 unspecified atom stereocenters. The van der Waals surface area contributed by atoms with Crippen molar-refractivity contribution in [3.05, 3.63) is 59.4 Å². The summed E-state index contributed by atoms with van der Waals surface area (Å²) < 4.78 is 19.2. The maximum Gasteiger partial charge on any atom is 0.221 e. The van der Waals surface area contributed by atoms with Gasteiger partial charge in [-0.1, -0.05) is 12.1 Å². The van der Waals surface area contributed by atoms with Gasteiger partial charge in [-0.15, -0.1) is 0 Å². The van der Waals surface area contributed by atoms with E-state index >= 15 is 0 Å². The highest BCUT2D eigenvalue weighted by atomic mass is 32.2. The maximum atomic E-state index is 13.5. The molecule has 0 aliphatic heterocycles. The smallest absolute Gasteiger partial charge is 0.221 e. The molecular weight excluding hydrogens is 391 g/mol. The van der Waals surface area contributed by atoms with Crippen molar-refractivity contribution >= 4 is 29.3 Å². The highest BCUT2D eigenvalue weighted by Gasteiger charge is 2.06. The molecule has 156 valence electrons.